The van der Waals surface area contributed by atoms with E-state index in [1.165, 1.54) is 47.3 Å². The molecule has 0 saturated carbocycles. The summed E-state index contributed by atoms with van der Waals surface area (Å²) >= 11 is 1.70. The van der Waals surface area contributed by atoms with Crippen molar-refractivity contribution in [2.24, 2.45) is 0 Å². The van der Waals surface area contributed by atoms with Crippen LogP contribution in [0.3, 0.4) is 0 Å². The maximum Gasteiger partial charge on any atom is 0.220 e. The van der Waals surface area contributed by atoms with Crippen molar-refractivity contribution in [3.63, 3.8) is 0 Å². The standard InChI is InChI=1S/C18H21NOS/c1-2-17(20)19-18(16-8-5-11-21-16)15-10-9-13-6-3-4-7-14(13)12-15/h5,8-12,18H,2-4,6-7H2,1H3,(H,19,20). The Hall–Kier alpha value is -1.61. The van der Waals surface area contributed by atoms with Crippen LogP contribution in [0.4, 0.5) is 0 Å². The summed E-state index contributed by atoms with van der Waals surface area (Å²) in [6, 6.07) is 10.9. The smallest absolute Gasteiger partial charge is 0.220 e. The van der Waals surface area contributed by atoms with Crippen LogP contribution in [0.1, 0.15) is 53.8 Å². The van der Waals surface area contributed by atoms with Gasteiger partial charge in [0, 0.05) is 11.3 Å². The van der Waals surface area contributed by atoms with E-state index < -0.39 is 0 Å². The number of hydrogen-bond donors (Lipinski definition) is 1. The average molecular weight is 299 g/mol. The minimum absolute atomic E-state index is 0.00956. The fraction of sp³-hybridized carbons (Fsp3) is 0.389. The van der Waals surface area contributed by atoms with E-state index in [2.05, 4.69) is 35.0 Å². The summed E-state index contributed by atoms with van der Waals surface area (Å²) in [5, 5.41) is 5.23. The first-order valence-corrected chi connectivity index (χ1v) is 8.60. The van der Waals surface area contributed by atoms with E-state index in [-0.39, 0.29) is 11.9 Å². The van der Waals surface area contributed by atoms with Crippen LogP contribution in [0.5, 0.6) is 0 Å². The molecule has 110 valence electrons. The summed E-state index contributed by atoms with van der Waals surface area (Å²) in [4.78, 5) is 13.1. The van der Waals surface area contributed by atoms with Gasteiger partial charge in [-0.15, -0.1) is 11.3 Å². The van der Waals surface area contributed by atoms with Gasteiger partial charge in [0.2, 0.25) is 5.91 Å². The van der Waals surface area contributed by atoms with Gasteiger partial charge in [0.25, 0.3) is 0 Å². The molecule has 1 heterocycles. The van der Waals surface area contributed by atoms with Crippen LogP contribution in [0, 0.1) is 0 Å². The van der Waals surface area contributed by atoms with Gasteiger partial charge in [-0.25, -0.2) is 0 Å². The molecule has 1 aliphatic carbocycles. The molecule has 2 aromatic rings. The Labute approximate surface area is 130 Å². The topological polar surface area (TPSA) is 29.1 Å². The van der Waals surface area contributed by atoms with E-state index in [0.29, 0.717) is 6.42 Å². The Morgan fingerprint density at radius 3 is 2.76 bits per heavy atom. The van der Waals surface area contributed by atoms with Gasteiger partial charge >= 0.3 is 0 Å². The molecule has 1 aromatic heterocycles. The molecule has 0 bridgehead atoms. The van der Waals surface area contributed by atoms with Crippen LogP contribution in [-0.4, -0.2) is 5.91 Å². The molecule has 3 rings (SSSR count). The van der Waals surface area contributed by atoms with Crippen LogP contribution in [0.25, 0.3) is 0 Å². The quantitative estimate of drug-likeness (QED) is 0.898. The van der Waals surface area contributed by atoms with E-state index in [0.717, 1.165) is 0 Å². The van der Waals surface area contributed by atoms with Gasteiger partial charge in [0.15, 0.2) is 0 Å². The van der Waals surface area contributed by atoms with E-state index in [9.17, 15) is 4.79 Å². The van der Waals surface area contributed by atoms with E-state index >= 15 is 0 Å². The first-order chi connectivity index (χ1) is 10.3. The Balaban J connectivity index is 1.94. The Kier molecular flexibility index (Phi) is 4.39. The van der Waals surface area contributed by atoms with Crippen LogP contribution < -0.4 is 5.32 Å². The highest BCUT2D eigenvalue weighted by Crippen LogP contribution is 2.30. The fourth-order valence-electron chi connectivity index (χ4n) is 2.97. The molecule has 0 aliphatic heterocycles. The third-order valence-electron chi connectivity index (χ3n) is 4.16. The zero-order chi connectivity index (χ0) is 14.7. The van der Waals surface area contributed by atoms with Gasteiger partial charge < -0.3 is 5.32 Å². The highest BCUT2D eigenvalue weighted by Gasteiger charge is 2.19. The second-order valence-corrected chi connectivity index (χ2v) is 6.58. The second-order valence-electron chi connectivity index (χ2n) is 5.60. The molecule has 0 fully saturated rings. The van der Waals surface area contributed by atoms with Crippen molar-refractivity contribution < 1.29 is 4.79 Å². The predicted octanol–water partition coefficient (Wildman–Crippen LogP) is 4.24. The summed E-state index contributed by atoms with van der Waals surface area (Å²) in [7, 11) is 0. The Morgan fingerprint density at radius 2 is 2.05 bits per heavy atom. The van der Waals surface area contributed by atoms with Gasteiger partial charge in [-0.1, -0.05) is 31.2 Å². The van der Waals surface area contributed by atoms with E-state index in [4.69, 9.17) is 0 Å². The molecular formula is C18H21NOS. The zero-order valence-electron chi connectivity index (χ0n) is 12.4. The summed E-state index contributed by atoms with van der Waals surface area (Å²) in [6.45, 7) is 1.90. The number of rotatable bonds is 4. The molecule has 1 aromatic carbocycles. The van der Waals surface area contributed by atoms with Crippen molar-refractivity contribution in [3.8, 4) is 0 Å². The number of carbonyl (C=O) groups excluding carboxylic acids is 1. The Bertz CT molecular complexity index is 618. The van der Waals surface area contributed by atoms with Crippen molar-refractivity contribution in [2.45, 2.75) is 45.1 Å². The van der Waals surface area contributed by atoms with Crippen molar-refractivity contribution in [1.29, 1.82) is 0 Å². The molecule has 1 aliphatic rings. The van der Waals surface area contributed by atoms with E-state index in [1.54, 1.807) is 11.3 Å². The number of amides is 1. The lowest BCUT2D eigenvalue weighted by atomic mass is 9.89. The lowest BCUT2D eigenvalue weighted by molar-refractivity contribution is -0.121. The zero-order valence-corrected chi connectivity index (χ0v) is 13.2. The summed E-state index contributed by atoms with van der Waals surface area (Å²) < 4.78 is 0. The first-order valence-electron chi connectivity index (χ1n) is 7.72. The molecule has 1 atom stereocenters. The van der Waals surface area contributed by atoms with Crippen molar-refractivity contribution >= 4 is 17.2 Å². The SMILES string of the molecule is CCC(=O)NC(c1ccc2c(c1)CCCC2)c1cccs1. The summed E-state index contributed by atoms with van der Waals surface area (Å²) in [6.07, 6.45) is 5.46. The number of hydrogen-bond acceptors (Lipinski definition) is 2. The van der Waals surface area contributed by atoms with Crippen molar-refractivity contribution in [2.75, 3.05) is 0 Å². The second kappa shape index (κ2) is 6.44. The molecule has 21 heavy (non-hydrogen) atoms. The average Bonchev–Trinajstić information content (AvgIpc) is 3.06. The first kappa shape index (κ1) is 14.3. The Morgan fingerprint density at radius 1 is 1.24 bits per heavy atom. The number of carbonyl (C=O) groups is 1. The summed E-state index contributed by atoms with van der Waals surface area (Å²) in [5.74, 6) is 0.103. The number of nitrogens with one attached hydrogen (secondary N) is 1. The highest BCUT2D eigenvalue weighted by atomic mass is 32.1. The normalized spacial score (nSPS) is 15.3. The molecule has 0 spiro atoms. The van der Waals surface area contributed by atoms with Crippen LogP contribution in [0.2, 0.25) is 0 Å². The van der Waals surface area contributed by atoms with Gasteiger partial charge in [0.1, 0.15) is 0 Å². The molecular weight excluding hydrogens is 278 g/mol. The van der Waals surface area contributed by atoms with E-state index in [1.807, 2.05) is 13.0 Å². The monoisotopic (exact) mass is 299 g/mol. The highest BCUT2D eigenvalue weighted by molar-refractivity contribution is 7.10. The fourth-order valence-corrected chi connectivity index (χ4v) is 3.77. The third kappa shape index (κ3) is 3.18. The molecule has 1 unspecified atom stereocenters. The van der Waals surface area contributed by atoms with Gasteiger partial charge in [0.05, 0.1) is 6.04 Å². The van der Waals surface area contributed by atoms with Crippen molar-refractivity contribution in [3.05, 3.63) is 57.3 Å². The molecule has 0 saturated heterocycles. The summed E-state index contributed by atoms with van der Waals surface area (Å²) in [5.41, 5.74) is 4.16. The lowest BCUT2D eigenvalue weighted by Gasteiger charge is -2.22. The number of fused-ring (bicyclic) bond motifs is 1. The number of benzene rings is 1. The molecule has 3 heteroatoms. The van der Waals surface area contributed by atoms with Crippen LogP contribution in [-0.2, 0) is 17.6 Å². The molecule has 0 radical (unpaired) electrons. The third-order valence-corrected chi connectivity index (χ3v) is 5.10. The van der Waals surface area contributed by atoms with Crippen LogP contribution >= 0.6 is 11.3 Å². The molecule has 1 N–H and O–H groups in total. The van der Waals surface area contributed by atoms with Crippen molar-refractivity contribution in [1.82, 2.24) is 5.32 Å². The number of aryl methyl sites for hydroxylation is 2. The minimum atomic E-state index is -0.00956. The van der Waals surface area contributed by atoms with Gasteiger partial charge in [-0.05, 0) is 53.8 Å². The predicted molar refractivity (Wildman–Crippen MR) is 87.7 cm³/mol. The molecule has 2 nitrogen and oxygen atoms in total. The lowest BCUT2D eigenvalue weighted by Crippen LogP contribution is -2.28. The van der Waals surface area contributed by atoms with Crippen LogP contribution in [0.15, 0.2) is 35.7 Å². The maximum absolute atomic E-state index is 11.9. The van der Waals surface area contributed by atoms with Gasteiger partial charge in [-0.2, -0.15) is 0 Å². The number of thiophene rings is 1. The maximum atomic E-state index is 11.9. The molecule has 1 amide bonds. The largest absolute Gasteiger partial charge is 0.344 e. The minimum Gasteiger partial charge on any atom is -0.344 e. The van der Waals surface area contributed by atoms with Gasteiger partial charge in [-0.3, -0.25) is 4.79 Å².